The van der Waals surface area contributed by atoms with Crippen molar-refractivity contribution in [3.8, 4) is 0 Å². The van der Waals surface area contributed by atoms with Crippen LogP contribution in [0.15, 0.2) is 54.6 Å². The lowest BCUT2D eigenvalue weighted by atomic mass is 10.2. The maximum atomic E-state index is 12.8. The van der Waals surface area contributed by atoms with Crippen LogP contribution < -0.4 is 5.32 Å². The van der Waals surface area contributed by atoms with Gasteiger partial charge in [0.1, 0.15) is 5.82 Å². The number of rotatable bonds is 4. The number of anilines is 1. The highest BCUT2D eigenvalue weighted by Crippen LogP contribution is 2.08. The van der Waals surface area contributed by atoms with Gasteiger partial charge in [-0.05, 0) is 36.4 Å². The number of benzene rings is 2. The van der Waals surface area contributed by atoms with Crippen LogP contribution in [0.5, 0.6) is 0 Å². The molecular formula is C16H15FN2O2. The summed E-state index contributed by atoms with van der Waals surface area (Å²) in [6.07, 6.45) is 0. The summed E-state index contributed by atoms with van der Waals surface area (Å²) in [5, 5.41) is 2.61. The van der Waals surface area contributed by atoms with E-state index in [2.05, 4.69) is 5.32 Å². The minimum Gasteiger partial charge on any atom is -0.332 e. The average molecular weight is 286 g/mol. The largest absolute Gasteiger partial charge is 0.332 e. The Morgan fingerprint density at radius 1 is 1.05 bits per heavy atom. The molecule has 2 amide bonds. The highest BCUT2D eigenvalue weighted by Gasteiger charge is 2.14. The molecule has 0 aliphatic heterocycles. The van der Waals surface area contributed by atoms with Crippen LogP contribution in [0.2, 0.25) is 0 Å². The van der Waals surface area contributed by atoms with Crippen LogP contribution in [-0.2, 0) is 4.79 Å². The van der Waals surface area contributed by atoms with Crippen molar-refractivity contribution in [3.63, 3.8) is 0 Å². The lowest BCUT2D eigenvalue weighted by molar-refractivity contribution is -0.116. The maximum Gasteiger partial charge on any atom is 0.254 e. The van der Waals surface area contributed by atoms with Crippen molar-refractivity contribution < 1.29 is 14.0 Å². The summed E-state index contributed by atoms with van der Waals surface area (Å²) in [5.74, 6) is -0.942. The zero-order valence-electron chi connectivity index (χ0n) is 11.5. The predicted molar refractivity (Wildman–Crippen MR) is 78.4 cm³/mol. The molecule has 0 atom stereocenters. The third kappa shape index (κ3) is 4.14. The number of carbonyl (C=O) groups excluding carboxylic acids is 2. The van der Waals surface area contributed by atoms with E-state index in [0.29, 0.717) is 11.3 Å². The molecule has 0 saturated carbocycles. The number of halogens is 1. The summed E-state index contributed by atoms with van der Waals surface area (Å²) in [5.41, 5.74) is 1.01. The van der Waals surface area contributed by atoms with E-state index in [4.69, 9.17) is 0 Å². The first kappa shape index (κ1) is 14.7. The van der Waals surface area contributed by atoms with Crippen molar-refractivity contribution in [1.82, 2.24) is 4.90 Å². The fourth-order valence-corrected chi connectivity index (χ4v) is 1.82. The van der Waals surface area contributed by atoms with E-state index in [9.17, 15) is 14.0 Å². The summed E-state index contributed by atoms with van der Waals surface area (Å²) >= 11 is 0. The van der Waals surface area contributed by atoms with Gasteiger partial charge in [-0.1, -0.05) is 18.2 Å². The standard InChI is InChI=1S/C16H15FN2O2/c1-19(16(21)12-5-3-2-4-6-12)11-15(20)18-14-9-7-13(17)8-10-14/h2-10H,11H2,1H3,(H,18,20). The van der Waals surface area contributed by atoms with Gasteiger partial charge in [0.2, 0.25) is 5.91 Å². The SMILES string of the molecule is CN(CC(=O)Nc1ccc(F)cc1)C(=O)c1ccccc1. The molecular weight excluding hydrogens is 271 g/mol. The van der Waals surface area contributed by atoms with Gasteiger partial charge < -0.3 is 10.2 Å². The van der Waals surface area contributed by atoms with Gasteiger partial charge in [0.15, 0.2) is 0 Å². The fourth-order valence-electron chi connectivity index (χ4n) is 1.82. The second-order valence-corrected chi connectivity index (χ2v) is 4.58. The van der Waals surface area contributed by atoms with Crippen LogP contribution in [-0.4, -0.2) is 30.3 Å². The lowest BCUT2D eigenvalue weighted by Gasteiger charge is -2.16. The van der Waals surface area contributed by atoms with E-state index in [-0.39, 0.29) is 24.2 Å². The van der Waals surface area contributed by atoms with Crippen LogP contribution in [0.1, 0.15) is 10.4 Å². The minimum absolute atomic E-state index is 0.0783. The van der Waals surface area contributed by atoms with E-state index in [1.54, 1.807) is 31.3 Å². The first-order valence-corrected chi connectivity index (χ1v) is 6.42. The number of nitrogens with zero attached hydrogens (tertiary/aromatic N) is 1. The molecule has 2 aromatic rings. The van der Waals surface area contributed by atoms with Crippen molar-refractivity contribution in [2.75, 3.05) is 18.9 Å². The molecule has 5 heteroatoms. The molecule has 0 aliphatic rings. The Hall–Kier alpha value is -2.69. The van der Waals surface area contributed by atoms with E-state index < -0.39 is 0 Å². The monoisotopic (exact) mass is 286 g/mol. The van der Waals surface area contributed by atoms with Crippen LogP contribution in [0, 0.1) is 5.82 Å². The molecule has 0 fully saturated rings. The lowest BCUT2D eigenvalue weighted by Crippen LogP contribution is -2.34. The van der Waals surface area contributed by atoms with Crippen molar-refractivity contribution in [2.24, 2.45) is 0 Å². The van der Waals surface area contributed by atoms with E-state index in [0.717, 1.165) is 0 Å². The molecule has 0 radical (unpaired) electrons. The molecule has 1 N–H and O–H groups in total. The Labute approximate surface area is 122 Å². The van der Waals surface area contributed by atoms with Gasteiger partial charge in [0.25, 0.3) is 5.91 Å². The van der Waals surface area contributed by atoms with Crippen molar-refractivity contribution in [3.05, 3.63) is 66.0 Å². The quantitative estimate of drug-likeness (QED) is 0.939. The molecule has 0 bridgehead atoms. The first-order chi connectivity index (χ1) is 10.1. The molecule has 2 rings (SSSR count). The number of likely N-dealkylation sites (N-methyl/N-ethyl adjacent to an activating group) is 1. The maximum absolute atomic E-state index is 12.8. The third-order valence-corrected chi connectivity index (χ3v) is 2.88. The highest BCUT2D eigenvalue weighted by atomic mass is 19.1. The third-order valence-electron chi connectivity index (χ3n) is 2.88. The van der Waals surface area contributed by atoms with Crippen LogP contribution in [0.4, 0.5) is 10.1 Å². The number of hydrogen-bond acceptors (Lipinski definition) is 2. The molecule has 0 aliphatic carbocycles. The van der Waals surface area contributed by atoms with E-state index in [1.807, 2.05) is 6.07 Å². The second kappa shape index (κ2) is 6.65. The fraction of sp³-hybridized carbons (Fsp3) is 0.125. The Morgan fingerprint density at radius 2 is 1.67 bits per heavy atom. The molecule has 0 unspecified atom stereocenters. The second-order valence-electron chi connectivity index (χ2n) is 4.58. The number of nitrogens with one attached hydrogen (secondary N) is 1. The van der Waals surface area contributed by atoms with Gasteiger partial charge in [0.05, 0.1) is 6.54 Å². The predicted octanol–water partition coefficient (Wildman–Crippen LogP) is 2.54. The molecule has 21 heavy (non-hydrogen) atoms. The molecule has 0 spiro atoms. The number of hydrogen-bond donors (Lipinski definition) is 1. The Morgan fingerprint density at radius 3 is 2.29 bits per heavy atom. The Balaban J connectivity index is 1.93. The molecule has 0 saturated heterocycles. The molecule has 2 aromatic carbocycles. The van der Waals surface area contributed by atoms with E-state index >= 15 is 0 Å². The highest BCUT2D eigenvalue weighted by molar-refractivity contribution is 5.99. The van der Waals surface area contributed by atoms with Crippen LogP contribution in [0.3, 0.4) is 0 Å². The summed E-state index contributed by atoms with van der Waals surface area (Å²) < 4.78 is 12.8. The smallest absolute Gasteiger partial charge is 0.254 e. The van der Waals surface area contributed by atoms with Gasteiger partial charge in [-0.15, -0.1) is 0 Å². The number of carbonyl (C=O) groups is 2. The summed E-state index contributed by atoms with van der Waals surface area (Å²) in [6.45, 7) is -0.0783. The topological polar surface area (TPSA) is 49.4 Å². The van der Waals surface area contributed by atoms with Gasteiger partial charge in [0, 0.05) is 18.3 Å². The Kier molecular flexibility index (Phi) is 4.66. The summed E-state index contributed by atoms with van der Waals surface area (Å²) in [7, 11) is 1.56. The van der Waals surface area contributed by atoms with Crippen molar-refractivity contribution >= 4 is 17.5 Å². The molecule has 108 valence electrons. The summed E-state index contributed by atoms with van der Waals surface area (Å²) in [6, 6.07) is 14.2. The zero-order chi connectivity index (χ0) is 15.2. The molecule has 4 nitrogen and oxygen atoms in total. The first-order valence-electron chi connectivity index (χ1n) is 6.42. The van der Waals surface area contributed by atoms with Gasteiger partial charge in [-0.2, -0.15) is 0 Å². The number of amides is 2. The van der Waals surface area contributed by atoms with Crippen LogP contribution >= 0.6 is 0 Å². The average Bonchev–Trinajstić information content (AvgIpc) is 2.49. The normalized spacial score (nSPS) is 10.0. The van der Waals surface area contributed by atoms with Gasteiger partial charge in [-0.3, -0.25) is 9.59 Å². The molecule has 0 heterocycles. The Bertz CT molecular complexity index is 626. The van der Waals surface area contributed by atoms with Gasteiger partial charge in [-0.25, -0.2) is 4.39 Å². The molecule has 0 aromatic heterocycles. The van der Waals surface area contributed by atoms with Crippen molar-refractivity contribution in [2.45, 2.75) is 0 Å². The van der Waals surface area contributed by atoms with Crippen molar-refractivity contribution in [1.29, 1.82) is 0 Å². The minimum atomic E-state index is -0.371. The summed E-state index contributed by atoms with van der Waals surface area (Å²) in [4.78, 5) is 25.2. The van der Waals surface area contributed by atoms with Crippen LogP contribution in [0.25, 0.3) is 0 Å². The van der Waals surface area contributed by atoms with E-state index in [1.165, 1.54) is 29.2 Å². The van der Waals surface area contributed by atoms with Gasteiger partial charge >= 0.3 is 0 Å². The zero-order valence-corrected chi connectivity index (χ0v) is 11.5.